The van der Waals surface area contributed by atoms with Crippen LogP contribution in [0.15, 0.2) is 36.7 Å². The highest BCUT2D eigenvalue weighted by Crippen LogP contribution is 2.31. The lowest BCUT2D eigenvalue weighted by molar-refractivity contribution is -0.137. The summed E-state index contributed by atoms with van der Waals surface area (Å²) < 4.78 is 38.0. The smallest absolute Gasteiger partial charge is 0.362 e. The van der Waals surface area contributed by atoms with E-state index in [1.54, 1.807) is 13.0 Å². The fourth-order valence-corrected chi connectivity index (χ4v) is 1.85. The molecular weight excluding hydrogens is 291 g/mol. The second kappa shape index (κ2) is 5.66. The van der Waals surface area contributed by atoms with Crippen LogP contribution < -0.4 is 5.32 Å². The molecule has 1 heterocycles. The number of nitrogens with one attached hydrogen (secondary N) is 1. The molecule has 1 aromatic heterocycles. The molecule has 0 saturated heterocycles. The van der Waals surface area contributed by atoms with E-state index in [0.29, 0.717) is 11.4 Å². The molecule has 0 spiro atoms. The van der Waals surface area contributed by atoms with E-state index in [1.165, 1.54) is 18.5 Å². The molecule has 2 rings (SSSR count). The number of halogens is 4. The van der Waals surface area contributed by atoms with Crippen molar-refractivity contribution in [2.24, 2.45) is 0 Å². The summed E-state index contributed by atoms with van der Waals surface area (Å²) in [5, 5.41) is 3.17. The van der Waals surface area contributed by atoms with Gasteiger partial charge in [-0.2, -0.15) is 13.2 Å². The normalized spacial score (nSPS) is 13.1. The van der Waals surface area contributed by atoms with E-state index in [0.717, 1.165) is 12.1 Å². The molecule has 0 bridgehead atoms. The first-order chi connectivity index (χ1) is 9.36. The third-order valence-electron chi connectivity index (χ3n) is 2.68. The quantitative estimate of drug-likeness (QED) is 0.917. The van der Waals surface area contributed by atoms with E-state index in [1.807, 2.05) is 0 Å². The number of alkyl halides is 3. The van der Waals surface area contributed by atoms with Crippen molar-refractivity contribution in [3.05, 3.63) is 52.9 Å². The average Bonchev–Trinajstić information content (AvgIpc) is 2.38. The maximum absolute atomic E-state index is 12.7. The van der Waals surface area contributed by atoms with Crippen molar-refractivity contribution < 1.29 is 13.2 Å². The molecule has 0 fully saturated rings. The predicted octanol–water partition coefficient (Wildman–Crippen LogP) is 4.32. The Morgan fingerprint density at radius 2 is 2.00 bits per heavy atom. The highest BCUT2D eigenvalue weighted by molar-refractivity contribution is 6.29. The van der Waals surface area contributed by atoms with Gasteiger partial charge >= 0.3 is 6.18 Å². The highest BCUT2D eigenvalue weighted by Gasteiger charge is 2.30. The van der Waals surface area contributed by atoms with Crippen LogP contribution in [-0.4, -0.2) is 9.97 Å². The van der Waals surface area contributed by atoms with Gasteiger partial charge in [-0.1, -0.05) is 23.7 Å². The number of aromatic nitrogens is 2. The van der Waals surface area contributed by atoms with Gasteiger partial charge in [0.05, 0.1) is 24.0 Å². The molecule has 1 aromatic carbocycles. The molecule has 0 saturated carbocycles. The van der Waals surface area contributed by atoms with Gasteiger partial charge in [0.2, 0.25) is 0 Å². The van der Waals surface area contributed by atoms with E-state index in [2.05, 4.69) is 15.3 Å². The first-order valence-electron chi connectivity index (χ1n) is 5.77. The molecule has 7 heteroatoms. The monoisotopic (exact) mass is 301 g/mol. The Hall–Kier alpha value is -1.82. The van der Waals surface area contributed by atoms with Gasteiger partial charge in [0.25, 0.3) is 0 Å². The molecule has 0 aliphatic rings. The first kappa shape index (κ1) is 14.6. The SMILES string of the molecule is C[C@@H](Nc1cncc(Cl)n1)c1cccc(C(F)(F)F)c1. The van der Waals surface area contributed by atoms with Crippen molar-refractivity contribution in [1.82, 2.24) is 9.97 Å². The maximum Gasteiger partial charge on any atom is 0.416 e. The van der Waals surface area contributed by atoms with E-state index < -0.39 is 11.7 Å². The third kappa shape index (κ3) is 3.60. The minimum atomic E-state index is -4.36. The van der Waals surface area contributed by atoms with Crippen molar-refractivity contribution in [2.45, 2.75) is 19.1 Å². The Kier molecular flexibility index (Phi) is 4.13. The number of rotatable bonds is 3. The third-order valence-corrected chi connectivity index (χ3v) is 2.87. The summed E-state index contributed by atoms with van der Waals surface area (Å²) in [7, 11) is 0. The van der Waals surface area contributed by atoms with E-state index in [4.69, 9.17) is 11.6 Å². The topological polar surface area (TPSA) is 37.8 Å². The fourth-order valence-electron chi connectivity index (χ4n) is 1.70. The van der Waals surface area contributed by atoms with Crippen molar-refractivity contribution in [3.8, 4) is 0 Å². The van der Waals surface area contributed by atoms with Gasteiger partial charge in [-0.15, -0.1) is 0 Å². The molecule has 20 heavy (non-hydrogen) atoms. The van der Waals surface area contributed by atoms with Crippen molar-refractivity contribution in [2.75, 3.05) is 5.32 Å². The van der Waals surface area contributed by atoms with Crippen LogP contribution in [0.3, 0.4) is 0 Å². The van der Waals surface area contributed by atoms with Gasteiger partial charge in [-0.25, -0.2) is 4.98 Å². The van der Waals surface area contributed by atoms with Gasteiger partial charge in [-0.05, 0) is 24.6 Å². The Bertz CT molecular complexity index is 601. The zero-order valence-corrected chi connectivity index (χ0v) is 11.2. The molecule has 0 radical (unpaired) electrons. The molecule has 0 aliphatic carbocycles. The largest absolute Gasteiger partial charge is 0.416 e. The average molecular weight is 302 g/mol. The van der Waals surface area contributed by atoms with E-state index in [9.17, 15) is 13.2 Å². The number of benzene rings is 1. The van der Waals surface area contributed by atoms with Gasteiger partial charge < -0.3 is 5.32 Å². The van der Waals surface area contributed by atoms with Crippen LogP contribution in [0.25, 0.3) is 0 Å². The van der Waals surface area contributed by atoms with E-state index >= 15 is 0 Å². The van der Waals surface area contributed by atoms with Gasteiger partial charge in [0, 0.05) is 0 Å². The van der Waals surface area contributed by atoms with Gasteiger partial charge in [0.15, 0.2) is 0 Å². The van der Waals surface area contributed by atoms with Crippen LogP contribution in [0, 0.1) is 0 Å². The van der Waals surface area contributed by atoms with Gasteiger partial charge in [-0.3, -0.25) is 4.98 Å². The standard InChI is InChI=1S/C13H11ClF3N3/c1-8(19-12-7-18-6-11(14)20-12)9-3-2-4-10(5-9)13(15,16)17/h2-8H,1H3,(H,19,20)/t8-/m1/s1. The van der Waals surface area contributed by atoms with Crippen LogP contribution in [-0.2, 0) is 6.18 Å². The lowest BCUT2D eigenvalue weighted by atomic mass is 10.0. The molecular formula is C13H11ClF3N3. The molecule has 0 amide bonds. The van der Waals surface area contributed by atoms with Crippen LogP contribution in [0.5, 0.6) is 0 Å². The number of hydrogen-bond donors (Lipinski definition) is 1. The van der Waals surface area contributed by atoms with Crippen LogP contribution >= 0.6 is 11.6 Å². The van der Waals surface area contributed by atoms with E-state index in [-0.39, 0.29) is 11.2 Å². The molecule has 0 aliphatic heterocycles. The Balaban J connectivity index is 2.19. The molecule has 2 aromatic rings. The predicted molar refractivity (Wildman–Crippen MR) is 70.5 cm³/mol. The summed E-state index contributed by atoms with van der Waals surface area (Å²) in [6.45, 7) is 1.73. The Labute approximate surface area is 118 Å². The first-order valence-corrected chi connectivity index (χ1v) is 6.15. The number of anilines is 1. The minimum Gasteiger partial charge on any atom is -0.362 e. The zero-order chi connectivity index (χ0) is 14.8. The van der Waals surface area contributed by atoms with Crippen LogP contribution in [0.1, 0.15) is 24.1 Å². The summed E-state index contributed by atoms with van der Waals surface area (Å²) in [5.41, 5.74) is -0.178. The van der Waals surface area contributed by atoms with Crippen molar-refractivity contribution in [3.63, 3.8) is 0 Å². The summed E-state index contributed by atoms with van der Waals surface area (Å²) >= 11 is 5.70. The second-order valence-electron chi connectivity index (χ2n) is 4.22. The highest BCUT2D eigenvalue weighted by atomic mass is 35.5. The minimum absolute atomic E-state index is 0.214. The Morgan fingerprint density at radius 1 is 1.25 bits per heavy atom. The molecule has 0 unspecified atom stereocenters. The summed E-state index contributed by atoms with van der Waals surface area (Å²) in [5.74, 6) is 0.405. The molecule has 3 nitrogen and oxygen atoms in total. The zero-order valence-electron chi connectivity index (χ0n) is 10.4. The van der Waals surface area contributed by atoms with Crippen LogP contribution in [0.4, 0.5) is 19.0 Å². The second-order valence-corrected chi connectivity index (χ2v) is 4.60. The van der Waals surface area contributed by atoms with Crippen LogP contribution in [0.2, 0.25) is 5.15 Å². The number of nitrogens with zero attached hydrogens (tertiary/aromatic N) is 2. The maximum atomic E-state index is 12.7. The van der Waals surface area contributed by atoms with Gasteiger partial charge in [0.1, 0.15) is 11.0 Å². The fraction of sp³-hybridized carbons (Fsp3) is 0.231. The number of hydrogen-bond acceptors (Lipinski definition) is 3. The summed E-state index contributed by atoms with van der Waals surface area (Å²) in [4.78, 5) is 7.83. The lowest BCUT2D eigenvalue weighted by Crippen LogP contribution is -2.11. The van der Waals surface area contributed by atoms with Crippen molar-refractivity contribution >= 4 is 17.4 Å². The summed E-state index contributed by atoms with van der Waals surface area (Å²) in [6.07, 6.45) is -1.52. The molecule has 106 valence electrons. The molecule has 1 N–H and O–H groups in total. The lowest BCUT2D eigenvalue weighted by Gasteiger charge is -2.16. The summed E-state index contributed by atoms with van der Waals surface area (Å²) in [6, 6.07) is 4.78. The Morgan fingerprint density at radius 3 is 2.65 bits per heavy atom. The molecule has 1 atom stereocenters. The van der Waals surface area contributed by atoms with Crippen molar-refractivity contribution in [1.29, 1.82) is 0 Å².